The van der Waals surface area contributed by atoms with Gasteiger partial charge in [-0.05, 0) is 43.3 Å². The van der Waals surface area contributed by atoms with Crippen LogP contribution in [0.15, 0.2) is 51.6 Å². The van der Waals surface area contributed by atoms with Crippen LogP contribution in [0.4, 0.5) is 0 Å². The number of hydrogen-bond acceptors (Lipinski definition) is 4. The highest BCUT2D eigenvalue weighted by atomic mass is 79.9. The van der Waals surface area contributed by atoms with E-state index in [0.29, 0.717) is 25.4 Å². The number of benzene rings is 1. The molecule has 0 saturated heterocycles. The molecule has 1 heterocycles. The molecule has 0 aliphatic rings. The molecule has 5 nitrogen and oxygen atoms in total. The van der Waals surface area contributed by atoms with Crippen LogP contribution < -0.4 is 4.74 Å². The highest BCUT2D eigenvalue weighted by Crippen LogP contribution is 2.18. The standard InChI is InChI=1S/C17H20BrNO4/c1-13(23-15-7-5-14(18)6-8-15)17(20)19(9-11-21-2)12-16-4-3-10-22-16/h3-8,10,13H,9,11-12H2,1-2H3. The van der Waals surface area contributed by atoms with Gasteiger partial charge in [0.15, 0.2) is 6.10 Å². The first-order valence-corrected chi connectivity index (χ1v) is 8.12. The minimum absolute atomic E-state index is 0.110. The fourth-order valence-electron chi connectivity index (χ4n) is 2.08. The summed E-state index contributed by atoms with van der Waals surface area (Å²) >= 11 is 3.37. The van der Waals surface area contributed by atoms with E-state index in [1.54, 1.807) is 31.3 Å². The zero-order valence-electron chi connectivity index (χ0n) is 13.2. The Hall–Kier alpha value is -1.79. The third-order valence-corrected chi connectivity index (χ3v) is 3.81. The molecule has 2 aromatic rings. The zero-order chi connectivity index (χ0) is 16.7. The number of furan rings is 1. The molecule has 1 atom stereocenters. The molecule has 0 N–H and O–H groups in total. The van der Waals surface area contributed by atoms with Crippen molar-refractivity contribution in [1.82, 2.24) is 4.90 Å². The second kappa shape index (κ2) is 8.74. The summed E-state index contributed by atoms with van der Waals surface area (Å²) in [4.78, 5) is 14.3. The molecule has 0 aliphatic heterocycles. The summed E-state index contributed by atoms with van der Waals surface area (Å²) in [5, 5.41) is 0. The van der Waals surface area contributed by atoms with Crippen molar-refractivity contribution < 1.29 is 18.7 Å². The second-order valence-corrected chi connectivity index (χ2v) is 5.96. The van der Waals surface area contributed by atoms with Gasteiger partial charge in [0, 0.05) is 18.1 Å². The van der Waals surface area contributed by atoms with Crippen molar-refractivity contribution in [2.75, 3.05) is 20.3 Å². The van der Waals surface area contributed by atoms with Gasteiger partial charge in [0.2, 0.25) is 0 Å². The Kier molecular flexibility index (Phi) is 6.67. The Labute approximate surface area is 144 Å². The van der Waals surface area contributed by atoms with E-state index in [9.17, 15) is 4.79 Å². The average molecular weight is 382 g/mol. The van der Waals surface area contributed by atoms with E-state index in [1.165, 1.54) is 0 Å². The molecule has 1 amide bonds. The molecule has 1 aromatic heterocycles. The van der Waals surface area contributed by atoms with Gasteiger partial charge in [0.25, 0.3) is 5.91 Å². The lowest BCUT2D eigenvalue weighted by Gasteiger charge is -2.25. The largest absolute Gasteiger partial charge is 0.481 e. The number of hydrogen-bond donors (Lipinski definition) is 0. The summed E-state index contributed by atoms with van der Waals surface area (Å²) in [6.07, 6.45) is 0.999. The fraction of sp³-hybridized carbons (Fsp3) is 0.353. The normalized spacial score (nSPS) is 12.0. The maximum Gasteiger partial charge on any atom is 0.263 e. The molecule has 0 aliphatic carbocycles. The highest BCUT2D eigenvalue weighted by Gasteiger charge is 2.23. The van der Waals surface area contributed by atoms with Crippen LogP contribution in [-0.4, -0.2) is 37.2 Å². The van der Waals surface area contributed by atoms with Gasteiger partial charge in [-0.2, -0.15) is 0 Å². The SMILES string of the molecule is COCCN(Cc1ccco1)C(=O)C(C)Oc1ccc(Br)cc1. The second-order valence-electron chi connectivity index (χ2n) is 5.05. The molecule has 0 saturated carbocycles. The van der Waals surface area contributed by atoms with E-state index in [2.05, 4.69) is 15.9 Å². The predicted octanol–water partition coefficient (Wildman–Crippen LogP) is 3.48. The van der Waals surface area contributed by atoms with Crippen molar-refractivity contribution >= 4 is 21.8 Å². The number of amides is 1. The highest BCUT2D eigenvalue weighted by molar-refractivity contribution is 9.10. The molecule has 1 unspecified atom stereocenters. The summed E-state index contributed by atoms with van der Waals surface area (Å²) in [6.45, 7) is 3.07. The average Bonchev–Trinajstić information content (AvgIpc) is 3.06. The first kappa shape index (κ1) is 17.6. The molecule has 124 valence electrons. The molecular weight excluding hydrogens is 362 g/mol. The number of carbonyl (C=O) groups is 1. The maximum atomic E-state index is 12.6. The van der Waals surface area contributed by atoms with Crippen molar-refractivity contribution in [3.8, 4) is 5.75 Å². The van der Waals surface area contributed by atoms with E-state index in [0.717, 1.165) is 10.2 Å². The lowest BCUT2D eigenvalue weighted by Crippen LogP contribution is -2.41. The lowest BCUT2D eigenvalue weighted by molar-refractivity contribution is -0.139. The molecule has 6 heteroatoms. The van der Waals surface area contributed by atoms with Crippen molar-refractivity contribution in [1.29, 1.82) is 0 Å². The number of ether oxygens (including phenoxy) is 2. The predicted molar refractivity (Wildman–Crippen MR) is 90.2 cm³/mol. The van der Waals surface area contributed by atoms with E-state index in [4.69, 9.17) is 13.9 Å². The third kappa shape index (κ3) is 5.41. The van der Waals surface area contributed by atoms with Crippen LogP contribution in [0.25, 0.3) is 0 Å². The molecule has 0 fully saturated rings. The van der Waals surface area contributed by atoms with Gasteiger partial charge in [-0.1, -0.05) is 15.9 Å². The number of halogens is 1. The van der Waals surface area contributed by atoms with Crippen molar-refractivity contribution in [2.45, 2.75) is 19.6 Å². The van der Waals surface area contributed by atoms with Crippen LogP contribution in [0.1, 0.15) is 12.7 Å². The molecular formula is C17H20BrNO4. The van der Waals surface area contributed by atoms with Crippen LogP contribution in [-0.2, 0) is 16.1 Å². The third-order valence-electron chi connectivity index (χ3n) is 3.28. The Morgan fingerprint density at radius 3 is 2.65 bits per heavy atom. The van der Waals surface area contributed by atoms with Crippen LogP contribution in [0.5, 0.6) is 5.75 Å². The quantitative estimate of drug-likeness (QED) is 0.702. The summed E-state index contributed by atoms with van der Waals surface area (Å²) in [7, 11) is 1.61. The lowest BCUT2D eigenvalue weighted by atomic mass is 10.3. The fourth-order valence-corrected chi connectivity index (χ4v) is 2.35. The number of carbonyl (C=O) groups excluding carboxylic acids is 1. The van der Waals surface area contributed by atoms with Crippen LogP contribution >= 0.6 is 15.9 Å². The first-order chi connectivity index (χ1) is 11.1. The molecule has 0 radical (unpaired) electrons. The van der Waals surface area contributed by atoms with Gasteiger partial charge in [-0.3, -0.25) is 4.79 Å². The van der Waals surface area contributed by atoms with Gasteiger partial charge >= 0.3 is 0 Å². The Balaban J connectivity index is 2.00. The topological polar surface area (TPSA) is 51.9 Å². The van der Waals surface area contributed by atoms with Crippen molar-refractivity contribution in [2.24, 2.45) is 0 Å². The summed E-state index contributed by atoms with van der Waals surface area (Å²) in [5.41, 5.74) is 0. The van der Waals surface area contributed by atoms with Crippen LogP contribution in [0.3, 0.4) is 0 Å². The minimum atomic E-state index is -0.594. The molecule has 0 spiro atoms. The van der Waals surface area contributed by atoms with Gasteiger partial charge in [0.1, 0.15) is 11.5 Å². The molecule has 1 aromatic carbocycles. The molecule has 2 rings (SSSR count). The number of rotatable bonds is 8. The van der Waals surface area contributed by atoms with Crippen molar-refractivity contribution in [3.05, 3.63) is 52.9 Å². The monoisotopic (exact) mass is 381 g/mol. The van der Waals surface area contributed by atoms with Gasteiger partial charge in [-0.15, -0.1) is 0 Å². The minimum Gasteiger partial charge on any atom is -0.481 e. The van der Waals surface area contributed by atoms with E-state index >= 15 is 0 Å². The zero-order valence-corrected chi connectivity index (χ0v) is 14.8. The Morgan fingerprint density at radius 1 is 1.30 bits per heavy atom. The van der Waals surface area contributed by atoms with E-state index in [-0.39, 0.29) is 5.91 Å². The molecule has 23 heavy (non-hydrogen) atoms. The smallest absolute Gasteiger partial charge is 0.263 e. The van der Waals surface area contributed by atoms with Crippen LogP contribution in [0, 0.1) is 0 Å². The first-order valence-electron chi connectivity index (χ1n) is 7.32. The van der Waals surface area contributed by atoms with Gasteiger partial charge in [0.05, 0.1) is 19.4 Å². The Morgan fingerprint density at radius 2 is 2.04 bits per heavy atom. The number of methoxy groups -OCH3 is 1. The van der Waals surface area contributed by atoms with Crippen molar-refractivity contribution in [3.63, 3.8) is 0 Å². The van der Waals surface area contributed by atoms with Gasteiger partial charge in [-0.25, -0.2) is 0 Å². The van der Waals surface area contributed by atoms with Crippen LogP contribution in [0.2, 0.25) is 0 Å². The summed E-state index contributed by atoms with van der Waals surface area (Å²) in [5.74, 6) is 1.27. The van der Waals surface area contributed by atoms with Gasteiger partial charge < -0.3 is 18.8 Å². The summed E-state index contributed by atoms with van der Waals surface area (Å²) < 4.78 is 17.1. The van der Waals surface area contributed by atoms with E-state index in [1.807, 2.05) is 30.3 Å². The van der Waals surface area contributed by atoms with E-state index < -0.39 is 6.10 Å². The molecule has 0 bridgehead atoms. The summed E-state index contributed by atoms with van der Waals surface area (Å²) in [6, 6.07) is 11.0. The number of nitrogens with zero attached hydrogens (tertiary/aromatic N) is 1. The Bertz CT molecular complexity index is 598. The maximum absolute atomic E-state index is 12.6.